The molecule has 1 aliphatic heterocycles. The third kappa shape index (κ3) is 2.41. The standard InChI is InChI=1S/C13H16O3S/c1-9-4-3-5-12(10(9)2)13(14)11-6-7-17(15,16)8-11/h3-5,11H,6-8H2,1-2H3. The van der Waals surface area contributed by atoms with E-state index in [0.29, 0.717) is 12.0 Å². The molecule has 1 atom stereocenters. The summed E-state index contributed by atoms with van der Waals surface area (Å²) in [6.07, 6.45) is 0.467. The minimum Gasteiger partial charge on any atom is -0.294 e. The second-order valence-corrected chi connectivity index (χ2v) is 6.94. The molecule has 0 aromatic heterocycles. The third-order valence-corrected chi connectivity index (χ3v) is 5.24. The number of ketones is 1. The SMILES string of the molecule is Cc1cccc(C(=O)C2CCS(=O)(=O)C2)c1C. The number of hydrogen-bond acceptors (Lipinski definition) is 3. The maximum Gasteiger partial charge on any atom is 0.167 e. The number of sulfone groups is 1. The summed E-state index contributed by atoms with van der Waals surface area (Å²) in [6, 6.07) is 5.59. The van der Waals surface area contributed by atoms with E-state index in [-0.39, 0.29) is 23.2 Å². The van der Waals surface area contributed by atoms with Crippen LogP contribution in [0.4, 0.5) is 0 Å². The first-order valence-electron chi connectivity index (χ1n) is 5.71. The number of carbonyl (C=O) groups excluding carboxylic acids is 1. The van der Waals surface area contributed by atoms with Gasteiger partial charge in [-0.25, -0.2) is 8.42 Å². The van der Waals surface area contributed by atoms with E-state index in [4.69, 9.17) is 0 Å². The molecular formula is C13H16O3S. The fraction of sp³-hybridized carbons (Fsp3) is 0.462. The molecule has 0 spiro atoms. The molecule has 1 heterocycles. The number of aryl methyl sites for hydroxylation is 1. The van der Waals surface area contributed by atoms with Crippen LogP contribution in [0.25, 0.3) is 0 Å². The summed E-state index contributed by atoms with van der Waals surface area (Å²) in [7, 11) is -2.99. The van der Waals surface area contributed by atoms with Crippen molar-refractivity contribution in [1.29, 1.82) is 0 Å². The van der Waals surface area contributed by atoms with Gasteiger partial charge in [-0.05, 0) is 31.4 Å². The van der Waals surface area contributed by atoms with Crippen LogP contribution in [0.5, 0.6) is 0 Å². The Labute approximate surface area is 102 Å². The molecule has 1 fully saturated rings. The van der Waals surface area contributed by atoms with Crippen molar-refractivity contribution in [2.75, 3.05) is 11.5 Å². The summed E-state index contributed by atoms with van der Waals surface area (Å²) in [4.78, 5) is 12.2. The van der Waals surface area contributed by atoms with Crippen LogP contribution in [-0.2, 0) is 9.84 Å². The summed E-state index contributed by atoms with van der Waals surface area (Å²) >= 11 is 0. The van der Waals surface area contributed by atoms with Crippen LogP contribution in [0.3, 0.4) is 0 Å². The van der Waals surface area contributed by atoms with Crippen LogP contribution in [0.2, 0.25) is 0 Å². The first kappa shape index (κ1) is 12.3. The van der Waals surface area contributed by atoms with Crippen molar-refractivity contribution < 1.29 is 13.2 Å². The number of rotatable bonds is 2. The Bertz CT molecular complexity index is 558. The molecule has 17 heavy (non-hydrogen) atoms. The van der Waals surface area contributed by atoms with Gasteiger partial charge in [0.2, 0.25) is 0 Å². The van der Waals surface area contributed by atoms with Crippen molar-refractivity contribution >= 4 is 15.6 Å². The second kappa shape index (κ2) is 4.26. The summed E-state index contributed by atoms with van der Waals surface area (Å²) < 4.78 is 22.8. The van der Waals surface area contributed by atoms with E-state index < -0.39 is 9.84 Å². The Morgan fingerprint density at radius 1 is 1.29 bits per heavy atom. The molecule has 2 rings (SSSR count). The topological polar surface area (TPSA) is 51.2 Å². The minimum atomic E-state index is -2.99. The Kier molecular flexibility index (Phi) is 3.08. The molecule has 0 N–H and O–H groups in total. The van der Waals surface area contributed by atoms with Crippen LogP contribution < -0.4 is 0 Å². The van der Waals surface area contributed by atoms with Gasteiger partial charge in [0.15, 0.2) is 15.6 Å². The van der Waals surface area contributed by atoms with Crippen LogP contribution in [0.1, 0.15) is 27.9 Å². The highest BCUT2D eigenvalue weighted by Gasteiger charge is 2.33. The number of hydrogen-bond donors (Lipinski definition) is 0. The van der Waals surface area contributed by atoms with Crippen molar-refractivity contribution in [1.82, 2.24) is 0 Å². The van der Waals surface area contributed by atoms with Crippen LogP contribution in [0.15, 0.2) is 18.2 Å². The van der Waals surface area contributed by atoms with Gasteiger partial charge in [-0.15, -0.1) is 0 Å². The molecule has 0 saturated carbocycles. The van der Waals surface area contributed by atoms with Gasteiger partial charge in [0, 0.05) is 11.5 Å². The van der Waals surface area contributed by atoms with Gasteiger partial charge in [-0.3, -0.25) is 4.79 Å². The van der Waals surface area contributed by atoms with Crippen molar-refractivity contribution in [2.24, 2.45) is 5.92 Å². The highest BCUT2D eigenvalue weighted by molar-refractivity contribution is 7.91. The highest BCUT2D eigenvalue weighted by Crippen LogP contribution is 2.25. The Hall–Kier alpha value is -1.16. The van der Waals surface area contributed by atoms with E-state index in [2.05, 4.69) is 0 Å². The van der Waals surface area contributed by atoms with Gasteiger partial charge < -0.3 is 0 Å². The van der Waals surface area contributed by atoms with Crippen molar-refractivity contribution in [3.05, 3.63) is 34.9 Å². The molecule has 3 nitrogen and oxygen atoms in total. The van der Waals surface area contributed by atoms with Crippen molar-refractivity contribution in [3.8, 4) is 0 Å². The monoisotopic (exact) mass is 252 g/mol. The lowest BCUT2D eigenvalue weighted by Crippen LogP contribution is -2.17. The molecule has 0 radical (unpaired) electrons. The van der Waals surface area contributed by atoms with Crippen LogP contribution in [-0.4, -0.2) is 25.7 Å². The normalized spacial score (nSPS) is 22.6. The van der Waals surface area contributed by atoms with E-state index in [9.17, 15) is 13.2 Å². The molecule has 1 aromatic carbocycles. The molecule has 1 aromatic rings. The Morgan fingerprint density at radius 2 is 2.00 bits per heavy atom. The Morgan fingerprint density at radius 3 is 2.59 bits per heavy atom. The predicted molar refractivity (Wildman–Crippen MR) is 67.0 cm³/mol. The molecule has 92 valence electrons. The molecule has 4 heteroatoms. The van der Waals surface area contributed by atoms with Gasteiger partial charge >= 0.3 is 0 Å². The molecule has 1 aliphatic rings. The van der Waals surface area contributed by atoms with Gasteiger partial charge in [-0.2, -0.15) is 0 Å². The van der Waals surface area contributed by atoms with E-state index in [1.165, 1.54) is 0 Å². The van der Waals surface area contributed by atoms with Gasteiger partial charge in [0.05, 0.1) is 11.5 Å². The second-order valence-electron chi connectivity index (χ2n) is 4.71. The molecule has 0 amide bonds. The summed E-state index contributed by atoms with van der Waals surface area (Å²) in [5.74, 6) is -0.208. The zero-order valence-corrected chi connectivity index (χ0v) is 10.9. The molecule has 0 aliphatic carbocycles. The summed E-state index contributed by atoms with van der Waals surface area (Å²) in [5, 5.41) is 0. The largest absolute Gasteiger partial charge is 0.294 e. The number of carbonyl (C=O) groups is 1. The lowest BCUT2D eigenvalue weighted by Gasteiger charge is -2.11. The van der Waals surface area contributed by atoms with E-state index >= 15 is 0 Å². The van der Waals surface area contributed by atoms with E-state index in [0.717, 1.165) is 11.1 Å². The van der Waals surface area contributed by atoms with Gasteiger partial charge in [-0.1, -0.05) is 18.2 Å². The third-order valence-electron chi connectivity index (χ3n) is 3.47. The summed E-state index contributed by atoms with van der Waals surface area (Å²) in [6.45, 7) is 3.86. The predicted octanol–water partition coefficient (Wildman–Crippen LogP) is 1.92. The number of benzene rings is 1. The average molecular weight is 252 g/mol. The number of Topliss-reactive ketones (excluding diaryl/α,β-unsaturated/α-hetero) is 1. The van der Waals surface area contributed by atoms with Crippen molar-refractivity contribution in [3.63, 3.8) is 0 Å². The molecular weight excluding hydrogens is 236 g/mol. The first-order chi connectivity index (χ1) is 7.91. The smallest absolute Gasteiger partial charge is 0.167 e. The maximum atomic E-state index is 12.2. The van der Waals surface area contributed by atoms with Gasteiger partial charge in [0.25, 0.3) is 0 Å². The van der Waals surface area contributed by atoms with Crippen molar-refractivity contribution in [2.45, 2.75) is 20.3 Å². The fourth-order valence-electron chi connectivity index (χ4n) is 2.24. The van der Waals surface area contributed by atoms with Gasteiger partial charge in [0.1, 0.15) is 0 Å². The highest BCUT2D eigenvalue weighted by atomic mass is 32.2. The molecule has 1 unspecified atom stereocenters. The average Bonchev–Trinajstić information content (AvgIpc) is 2.62. The minimum absolute atomic E-state index is 0.0131. The fourth-order valence-corrected chi connectivity index (χ4v) is 3.98. The quantitative estimate of drug-likeness (QED) is 0.756. The van der Waals surface area contributed by atoms with E-state index in [1.54, 1.807) is 6.07 Å². The lowest BCUT2D eigenvalue weighted by atomic mass is 9.92. The first-order valence-corrected chi connectivity index (χ1v) is 7.54. The van der Waals surface area contributed by atoms with E-state index in [1.807, 2.05) is 26.0 Å². The zero-order valence-electron chi connectivity index (χ0n) is 10.1. The van der Waals surface area contributed by atoms with Crippen LogP contribution >= 0.6 is 0 Å². The molecule has 0 bridgehead atoms. The zero-order chi connectivity index (χ0) is 12.6. The Balaban J connectivity index is 2.30. The van der Waals surface area contributed by atoms with Crippen LogP contribution in [0, 0.1) is 19.8 Å². The molecule has 1 saturated heterocycles. The lowest BCUT2D eigenvalue weighted by molar-refractivity contribution is 0.0932. The summed E-state index contributed by atoms with van der Waals surface area (Å²) in [5.41, 5.74) is 2.70. The maximum absolute atomic E-state index is 12.2.